The third-order valence-corrected chi connectivity index (χ3v) is 7.30. The number of nitrogens with one attached hydrogen (secondary N) is 2. The third kappa shape index (κ3) is 5.25. The Morgan fingerprint density at radius 2 is 1.81 bits per heavy atom. The number of halogens is 4. The number of rotatable bonds is 3. The highest BCUT2D eigenvalue weighted by Crippen LogP contribution is 2.35. The van der Waals surface area contributed by atoms with Crippen LogP contribution in [-0.2, 0) is 6.54 Å². The molecule has 2 aliphatic heterocycles. The molecule has 2 bridgehead atoms. The first-order chi connectivity index (χ1) is 15.1. The molecule has 0 spiro atoms. The molecule has 6 nitrogen and oxygen atoms in total. The average molecular weight is 579 g/mol. The van der Waals surface area contributed by atoms with Gasteiger partial charge in [-0.2, -0.15) is 0 Å². The van der Waals surface area contributed by atoms with Gasteiger partial charge >= 0.3 is 0 Å². The summed E-state index contributed by atoms with van der Waals surface area (Å²) in [5.74, 6) is 0.0670. The van der Waals surface area contributed by atoms with Crippen molar-refractivity contribution >= 4 is 74.0 Å². The minimum absolute atomic E-state index is 0.0262. The normalized spacial score (nSPS) is 20.8. The van der Waals surface area contributed by atoms with E-state index in [9.17, 15) is 9.59 Å². The standard InChI is InChI=1S/C21H20BrCl3N4O2S/c22-15-6-4-13(5-7-15)18(31)26-19(21(23,24)25)27-20(32)28-9-12-8-14(11-28)16-2-1-3-17(30)29(16)10-12/h1-7,12,14,19H,8-11H2,(H,26,31)(H,27,32)/t12-,14+,19+/m0/s1. The van der Waals surface area contributed by atoms with Crippen molar-refractivity contribution in [1.29, 1.82) is 0 Å². The van der Waals surface area contributed by atoms with E-state index in [1.807, 2.05) is 15.5 Å². The van der Waals surface area contributed by atoms with Gasteiger partial charge in [-0.1, -0.05) is 56.8 Å². The van der Waals surface area contributed by atoms with E-state index in [2.05, 4.69) is 26.6 Å². The average Bonchev–Trinajstić information content (AvgIpc) is 2.73. The molecule has 0 saturated carbocycles. The highest BCUT2D eigenvalue weighted by Gasteiger charge is 2.39. The molecule has 170 valence electrons. The van der Waals surface area contributed by atoms with E-state index in [1.54, 1.807) is 36.4 Å². The molecule has 3 atom stereocenters. The Morgan fingerprint density at radius 1 is 1.09 bits per heavy atom. The molecule has 2 aliphatic rings. The number of carbonyl (C=O) groups is 1. The van der Waals surface area contributed by atoms with Crippen LogP contribution in [0.1, 0.15) is 28.4 Å². The predicted octanol–water partition coefficient (Wildman–Crippen LogP) is 4.03. The van der Waals surface area contributed by atoms with Gasteiger partial charge in [0.05, 0.1) is 0 Å². The fraction of sp³-hybridized carbons (Fsp3) is 0.381. The van der Waals surface area contributed by atoms with E-state index in [1.165, 1.54) is 0 Å². The number of aromatic nitrogens is 1. The van der Waals surface area contributed by atoms with Gasteiger partial charge in [-0.25, -0.2) is 0 Å². The van der Waals surface area contributed by atoms with Crippen LogP contribution in [0.15, 0.2) is 51.7 Å². The first kappa shape index (κ1) is 23.8. The molecule has 2 aromatic rings. The monoisotopic (exact) mass is 576 g/mol. The van der Waals surface area contributed by atoms with E-state index >= 15 is 0 Å². The van der Waals surface area contributed by atoms with Crippen LogP contribution in [0.25, 0.3) is 0 Å². The lowest BCUT2D eigenvalue weighted by Gasteiger charge is -2.44. The number of pyridine rings is 1. The van der Waals surface area contributed by atoms with Crippen LogP contribution in [0.5, 0.6) is 0 Å². The molecule has 0 unspecified atom stereocenters. The van der Waals surface area contributed by atoms with Gasteiger partial charge in [0.15, 0.2) is 5.11 Å². The van der Waals surface area contributed by atoms with Crippen LogP contribution < -0.4 is 16.2 Å². The predicted molar refractivity (Wildman–Crippen MR) is 135 cm³/mol. The summed E-state index contributed by atoms with van der Waals surface area (Å²) < 4.78 is 0.876. The van der Waals surface area contributed by atoms with Gasteiger partial charge in [0.1, 0.15) is 6.17 Å². The Bertz CT molecular complexity index is 1090. The first-order valence-corrected chi connectivity index (χ1v) is 12.3. The lowest BCUT2D eigenvalue weighted by atomic mass is 9.83. The minimum atomic E-state index is -1.83. The summed E-state index contributed by atoms with van der Waals surface area (Å²) in [5.41, 5.74) is 1.47. The van der Waals surface area contributed by atoms with Gasteiger partial charge in [0.25, 0.3) is 11.5 Å². The number of fused-ring (bicyclic) bond motifs is 4. The second-order valence-electron chi connectivity index (χ2n) is 8.01. The summed E-state index contributed by atoms with van der Waals surface area (Å²) in [6.45, 7) is 1.97. The number of benzene rings is 1. The van der Waals surface area contributed by atoms with Crippen molar-refractivity contribution in [3.8, 4) is 0 Å². The fourth-order valence-corrected chi connectivity index (χ4v) is 5.15. The number of nitrogens with zero attached hydrogens (tertiary/aromatic N) is 2. The van der Waals surface area contributed by atoms with Crippen molar-refractivity contribution in [3.05, 3.63) is 68.5 Å². The van der Waals surface area contributed by atoms with E-state index in [-0.39, 0.29) is 17.4 Å². The Labute approximate surface area is 214 Å². The molecule has 32 heavy (non-hydrogen) atoms. The molecule has 1 fully saturated rings. The van der Waals surface area contributed by atoms with Crippen LogP contribution in [-0.4, -0.2) is 43.5 Å². The zero-order valence-electron chi connectivity index (χ0n) is 16.7. The maximum Gasteiger partial charge on any atom is 0.252 e. The number of thiocarbonyl (C=S) groups is 1. The molecule has 0 aliphatic carbocycles. The molecule has 4 rings (SSSR count). The van der Waals surface area contributed by atoms with Gasteiger partial charge in [-0.3, -0.25) is 9.59 Å². The van der Waals surface area contributed by atoms with Crippen LogP contribution in [0.4, 0.5) is 0 Å². The van der Waals surface area contributed by atoms with Crippen molar-refractivity contribution in [1.82, 2.24) is 20.1 Å². The number of hydrogen-bond donors (Lipinski definition) is 2. The fourth-order valence-electron chi connectivity index (χ4n) is 4.29. The van der Waals surface area contributed by atoms with Crippen molar-refractivity contribution in [2.75, 3.05) is 13.1 Å². The maximum atomic E-state index is 12.7. The zero-order valence-corrected chi connectivity index (χ0v) is 21.4. The summed E-state index contributed by atoms with van der Waals surface area (Å²) >= 11 is 27.4. The molecule has 1 aromatic carbocycles. The number of likely N-dealkylation sites (tertiary alicyclic amines) is 1. The van der Waals surface area contributed by atoms with Crippen LogP contribution in [0, 0.1) is 5.92 Å². The quantitative estimate of drug-likeness (QED) is 0.327. The molecule has 0 radical (unpaired) electrons. The molecular weight excluding hydrogens is 559 g/mol. The molecule has 1 saturated heterocycles. The van der Waals surface area contributed by atoms with Crippen LogP contribution >= 0.6 is 63.0 Å². The number of carbonyl (C=O) groups excluding carboxylic acids is 1. The van der Waals surface area contributed by atoms with Gasteiger partial charge in [-0.15, -0.1) is 0 Å². The molecule has 1 aromatic heterocycles. The first-order valence-electron chi connectivity index (χ1n) is 10.00. The summed E-state index contributed by atoms with van der Waals surface area (Å²) in [6, 6.07) is 12.2. The van der Waals surface area contributed by atoms with E-state index in [4.69, 9.17) is 47.0 Å². The van der Waals surface area contributed by atoms with Crippen molar-refractivity contribution in [2.24, 2.45) is 5.92 Å². The molecule has 11 heteroatoms. The highest BCUT2D eigenvalue weighted by molar-refractivity contribution is 9.10. The summed E-state index contributed by atoms with van der Waals surface area (Å²) in [4.78, 5) is 26.9. The van der Waals surface area contributed by atoms with Crippen molar-refractivity contribution < 1.29 is 4.79 Å². The largest absolute Gasteiger partial charge is 0.348 e. The molecule has 2 N–H and O–H groups in total. The minimum Gasteiger partial charge on any atom is -0.348 e. The lowest BCUT2D eigenvalue weighted by Crippen LogP contribution is -2.60. The van der Waals surface area contributed by atoms with Gasteiger partial charge in [0.2, 0.25) is 3.79 Å². The van der Waals surface area contributed by atoms with Gasteiger partial charge in [-0.05, 0) is 54.9 Å². The van der Waals surface area contributed by atoms with E-state index < -0.39 is 15.9 Å². The van der Waals surface area contributed by atoms with Gasteiger partial charge in [0, 0.05) is 47.3 Å². The lowest BCUT2D eigenvalue weighted by molar-refractivity contribution is 0.0932. The second kappa shape index (κ2) is 9.50. The Morgan fingerprint density at radius 3 is 2.50 bits per heavy atom. The summed E-state index contributed by atoms with van der Waals surface area (Å²) in [5, 5.41) is 6.12. The SMILES string of the molecule is O=C(N[C@H](NC(=S)N1C[C@@H]2C[C@H](C1)c1cccc(=O)n1C2)C(Cl)(Cl)Cl)c1ccc(Br)cc1. The van der Waals surface area contributed by atoms with Gasteiger partial charge < -0.3 is 20.1 Å². The zero-order chi connectivity index (χ0) is 23.0. The Balaban J connectivity index is 1.47. The summed E-state index contributed by atoms with van der Waals surface area (Å²) in [6.07, 6.45) is -0.0376. The number of piperidine rings is 1. The van der Waals surface area contributed by atoms with Crippen LogP contribution in [0.2, 0.25) is 0 Å². The van der Waals surface area contributed by atoms with E-state index in [0.717, 1.165) is 16.6 Å². The Kier molecular flexibility index (Phi) is 7.08. The Hall–Kier alpha value is -1.32. The van der Waals surface area contributed by atoms with Crippen molar-refractivity contribution in [3.63, 3.8) is 0 Å². The molecular formula is C21H20BrCl3N4O2S. The van der Waals surface area contributed by atoms with E-state index in [0.29, 0.717) is 30.3 Å². The second-order valence-corrected chi connectivity index (χ2v) is 11.7. The smallest absolute Gasteiger partial charge is 0.252 e. The molecule has 3 heterocycles. The van der Waals surface area contributed by atoms with Crippen molar-refractivity contribution in [2.45, 2.75) is 28.8 Å². The topological polar surface area (TPSA) is 66.4 Å². The maximum absolute atomic E-state index is 12.7. The number of amides is 1. The highest BCUT2D eigenvalue weighted by atomic mass is 79.9. The summed E-state index contributed by atoms with van der Waals surface area (Å²) in [7, 11) is 0. The third-order valence-electron chi connectivity index (χ3n) is 5.74. The number of hydrogen-bond acceptors (Lipinski definition) is 3. The molecule has 1 amide bonds. The van der Waals surface area contributed by atoms with Crippen LogP contribution in [0.3, 0.4) is 0 Å². The number of alkyl halides is 3.